The molecule has 19 heteroatoms. The van der Waals surface area contributed by atoms with Crippen LogP contribution in [-0.2, 0) is 33.2 Å². The van der Waals surface area contributed by atoms with Gasteiger partial charge in [0, 0.05) is 19.5 Å². The molecular weight excluding hydrogens is 648 g/mol. The summed E-state index contributed by atoms with van der Waals surface area (Å²) >= 11 is 0. The van der Waals surface area contributed by atoms with E-state index in [-0.39, 0.29) is 12.5 Å². The normalized spacial score (nSPS) is 40.6. The highest BCUT2D eigenvalue weighted by Crippen LogP contribution is 2.31. The summed E-state index contributed by atoms with van der Waals surface area (Å²) < 4.78 is 33.6. The van der Waals surface area contributed by atoms with E-state index in [2.05, 4.69) is 5.32 Å². The van der Waals surface area contributed by atoms with Gasteiger partial charge in [-0.15, -0.1) is 0 Å². The first-order valence-corrected chi connectivity index (χ1v) is 16.3. The fourth-order valence-corrected chi connectivity index (χ4v) is 5.63. The first-order valence-electron chi connectivity index (χ1n) is 16.3. The Morgan fingerprint density at radius 3 is 1.83 bits per heavy atom. The zero-order valence-electron chi connectivity index (χ0n) is 27.2. The summed E-state index contributed by atoms with van der Waals surface area (Å²) in [5.41, 5.74) is 0. The van der Waals surface area contributed by atoms with E-state index in [0.717, 1.165) is 19.3 Å². The van der Waals surface area contributed by atoms with Crippen molar-refractivity contribution >= 4 is 5.91 Å². The Kier molecular flexibility index (Phi) is 17.2. The van der Waals surface area contributed by atoms with Crippen molar-refractivity contribution in [3.05, 3.63) is 0 Å². The van der Waals surface area contributed by atoms with E-state index in [9.17, 15) is 55.9 Å². The fourth-order valence-electron chi connectivity index (χ4n) is 5.63. The van der Waals surface area contributed by atoms with E-state index in [1.807, 2.05) is 18.9 Å². The van der Waals surface area contributed by atoms with Gasteiger partial charge >= 0.3 is 0 Å². The highest BCUT2D eigenvalue weighted by molar-refractivity contribution is 5.75. The van der Waals surface area contributed by atoms with E-state index in [1.54, 1.807) is 0 Å². The average Bonchev–Trinajstić information content (AvgIpc) is 3.06. The summed E-state index contributed by atoms with van der Waals surface area (Å²) in [7, 11) is 1.86. The highest BCUT2D eigenvalue weighted by atomic mass is 16.7. The van der Waals surface area contributed by atoms with E-state index in [0.29, 0.717) is 26.1 Å². The molecule has 0 aliphatic carbocycles. The number of hydrogen-bond acceptors (Lipinski definition) is 18. The molecule has 3 saturated heterocycles. The number of rotatable bonds is 18. The topological polar surface area (TPSA) is 290 Å². The van der Waals surface area contributed by atoms with Crippen LogP contribution in [-0.4, -0.2) is 207 Å². The van der Waals surface area contributed by atoms with Crippen LogP contribution >= 0.6 is 0 Å². The van der Waals surface area contributed by atoms with Crippen LogP contribution in [0, 0.1) is 0 Å². The van der Waals surface area contributed by atoms with Crippen molar-refractivity contribution < 1.29 is 84.3 Å². The van der Waals surface area contributed by atoms with Crippen molar-refractivity contribution in [2.45, 2.75) is 125 Å². The van der Waals surface area contributed by atoms with Gasteiger partial charge in [-0.05, 0) is 33.4 Å². The Morgan fingerprint density at radius 2 is 1.23 bits per heavy atom. The number of carbonyl (C=O) groups is 1. The lowest BCUT2D eigenvalue weighted by Gasteiger charge is -2.46. The molecule has 0 unspecified atom stereocenters. The molecule has 0 aromatic heterocycles. The second-order valence-electron chi connectivity index (χ2n) is 12.3. The minimum atomic E-state index is -1.84. The van der Waals surface area contributed by atoms with Gasteiger partial charge in [-0.1, -0.05) is 6.42 Å². The lowest BCUT2D eigenvalue weighted by molar-refractivity contribution is -0.366. The summed E-state index contributed by atoms with van der Waals surface area (Å²) in [4.78, 5) is 13.6. The third-order valence-electron chi connectivity index (χ3n) is 8.63. The SMILES string of the molecule is CCNC(=O)CCCCCN(C)CCO[C@H]1O[C@H](CO[C@H]2O[C@H](CO)[C@@H](O)[C@H](O)[C@@H]2O)[C@@H](O)[C@H](O[C@H]2O[C@H](CO)[C@@H](O)[C@H](O)[C@@H]2O)[C@@H]1O. The van der Waals surface area contributed by atoms with Gasteiger partial charge in [-0.3, -0.25) is 4.79 Å². The Bertz CT molecular complexity index is 936. The van der Waals surface area contributed by atoms with Gasteiger partial charge in [0.05, 0.1) is 26.4 Å². The minimum absolute atomic E-state index is 0.0149. The summed E-state index contributed by atoms with van der Waals surface area (Å²) in [5, 5.41) is 105. The second kappa shape index (κ2) is 20.0. The highest BCUT2D eigenvalue weighted by Gasteiger charge is 2.52. The number of carbonyl (C=O) groups excluding carboxylic acids is 1. The van der Waals surface area contributed by atoms with E-state index in [1.165, 1.54) is 0 Å². The van der Waals surface area contributed by atoms with Crippen LogP contribution in [0.3, 0.4) is 0 Å². The number of hydrogen-bond donors (Lipinski definition) is 11. The van der Waals surface area contributed by atoms with Crippen LogP contribution < -0.4 is 5.32 Å². The zero-order chi connectivity index (χ0) is 35.5. The van der Waals surface area contributed by atoms with Gasteiger partial charge in [0.25, 0.3) is 0 Å². The van der Waals surface area contributed by atoms with Crippen molar-refractivity contribution in [2.24, 2.45) is 0 Å². The molecule has 48 heavy (non-hydrogen) atoms. The number of likely N-dealkylation sites (N-methyl/N-ethyl adjacent to an activating group) is 1. The quantitative estimate of drug-likeness (QED) is 0.0593. The number of unbranched alkanes of at least 4 members (excludes halogenated alkanes) is 2. The summed E-state index contributed by atoms with van der Waals surface area (Å²) in [6, 6.07) is 0. The number of aliphatic hydroxyl groups is 10. The molecule has 3 rings (SSSR count). The smallest absolute Gasteiger partial charge is 0.219 e. The number of aliphatic hydroxyl groups excluding tert-OH is 10. The molecule has 0 saturated carbocycles. The predicted octanol–water partition coefficient (Wildman–Crippen LogP) is -5.92. The van der Waals surface area contributed by atoms with E-state index < -0.39 is 112 Å². The largest absolute Gasteiger partial charge is 0.394 e. The first-order chi connectivity index (χ1) is 22.8. The molecule has 15 atom stereocenters. The molecule has 1 amide bonds. The van der Waals surface area contributed by atoms with Gasteiger partial charge in [-0.2, -0.15) is 0 Å². The molecule has 0 aromatic rings. The monoisotopic (exact) mass is 702 g/mol. The van der Waals surface area contributed by atoms with Crippen molar-refractivity contribution in [2.75, 3.05) is 53.1 Å². The Morgan fingerprint density at radius 1 is 0.667 bits per heavy atom. The van der Waals surface area contributed by atoms with Crippen molar-refractivity contribution in [1.82, 2.24) is 10.2 Å². The van der Waals surface area contributed by atoms with Crippen LogP contribution in [0.4, 0.5) is 0 Å². The third kappa shape index (κ3) is 10.9. The third-order valence-corrected chi connectivity index (χ3v) is 8.63. The lowest BCUT2D eigenvalue weighted by Crippen LogP contribution is -2.65. The summed E-state index contributed by atoms with van der Waals surface area (Å²) in [6.07, 6.45) is -21.3. The van der Waals surface area contributed by atoms with Gasteiger partial charge in [0.1, 0.15) is 73.2 Å². The first kappa shape index (κ1) is 41.2. The van der Waals surface area contributed by atoms with Gasteiger partial charge < -0.3 is 89.7 Å². The molecule has 3 aliphatic heterocycles. The fraction of sp³-hybridized carbons (Fsp3) is 0.966. The van der Waals surface area contributed by atoms with Crippen LogP contribution in [0.2, 0.25) is 0 Å². The van der Waals surface area contributed by atoms with Crippen LogP contribution in [0.1, 0.15) is 32.6 Å². The van der Waals surface area contributed by atoms with Gasteiger partial charge in [0.2, 0.25) is 5.91 Å². The lowest BCUT2D eigenvalue weighted by atomic mass is 9.96. The maximum absolute atomic E-state index is 11.6. The molecule has 3 fully saturated rings. The molecular formula is C29H54N2O17. The Balaban J connectivity index is 1.63. The van der Waals surface area contributed by atoms with Gasteiger partial charge in [0.15, 0.2) is 18.9 Å². The van der Waals surface area contributed by atoms with Crippen molar-refractivity contribution in [3.8, 4) is 0 Å². The molecule has 0 radical (unpaired) electrons. The number of nitrogens with one attached hydrogen (secondary N) is 1. The molecule has 0 bridgehead atoms. The Labute approximate surface area is 278 Å². The van der Waals surface area contributed by atoms with Crippen molar-refractivity contribution in [3.63, 3.8) is 0 Å². The number of ether oxygens (including phenoxy) is 6. The van der Waals surface area contributed by atoms with E-state index >= 15 is 0 Å². The molecule has 282 valence electrons. The van der Waals surface area contributed by atoms with Crippen molar-refractivity contribution in [1.29, 1.82) is 0 Å². The zero-order valence-corrected chi connectivity index (χ0v) is 27.2. The maximum atomic E-state index is 11.6. The van der Waals surface area contributed by atoms with Crippen LogP contribution in [0.15, 0.2) is 0 Å². The molecule has 3 aliphatic rings. The van der Waals surface area contributed by atoms with Gasteiger partial charge in [-0.25, -0.2) is 0 Å². The molecule has 3 heterocycles. The maximum Gasteiger partial charge on any atom is 0.219 e. The summed E-state index contributed by atoms with van der Waals surface area (Å²) in [6.45, 7) is 1.59. The standard InChI is InChI=1S/C29H54N2O17/c1-3-30-17(34)7-5-4-6-8-31(2)9-10-43-28-25(42)26(48-29-24(41)22(39)19(36)15(12-33)46-29)20(37)16(47-28)13-44-27-23(40)21(38)18(35)14(11-32)45-27/h14-16,18-29,32-33,35-42H,3-13H2,1-2H3,(H,30,34)/t14-,15-,16-,18-,19-,20-,21+,22+,23+,24+,25+,26+,27+,28+,29-/m1/s1. The molecule has 0 aromatic carbocycles. The van der Waals surface area contributed by atoms with E-state index in [4.69, 9.17) is 28.4 Å². The molecule has 0 spiro atoms. The number of amides is 1. The second-order valence-corrected chi connectivity index (χ2v) is 12.3. The summed E-state index contributed by atoms with van der Waals surface area (Å²) in [5.74, 6) is 0.0149. The van der Waals surface area contributed by atoms with Crippen LogP contribution in [0.25, 0.3) is 0 Å². The predicted molar refractivity (Wildman–Crippen MR) is 160 cm³/mol. The number of nitrogens with zero attached hydrogens (tertiary/aromatic N) is 1. The molecule has 11 N–H and O–H groups in total. The Hall–Kier alpha value is -1.21. The average molecular weight is 703 g/mol. The molecule has 19 nitrogen and oxygen atoms in total. The minimum Gasteiger partial charge on any atom is -0.394 e. The van der Waals surface area contributed by atoms with Crippen LogP contribution in [0.5, 0.6) is 0 Å².